The van der Waals surface area contributed by atoms with Crippen LogP contribution >= 0.6 is 11.8 Å². The van der Waals surface area contributed by atoms with Crippen molar-refractivity contribution in [2.45, 2.75) is 43.6 Å². The number of amides is 2. The highest BCUT2D eigenvalue weighted by Gasteiger charge is 2.27. The van der Waals surface area contributed by atoms with Gasteiger partial charge in [0.25, 0.3) is 11.8 Å². The summed E-state index contributed by atoms with van der Waals surface area (Å²) in [5.74, 6) is 1.41. The van der Waals surface area contributed by atoms with E-state index in [0.717, 1.165) is 35.7 Å². The molecule has 2 heterocycles. The van der Waals surface area contributed by atoms with Gasteiger partial charge in [-0.05, 0) is 48.6 Å². The van der Waals surface area contributed by atoms with Crippen LogP contribution in [0.2, 0.25) is 0 Å². The van der Waals surface area contributed by atoms with Crippen molar-refractivity contribution < 1.29 is 14.3 Å². The Balaban J connectivity index is 1.35. The third-order valence-corrected chi connectivity index (χ3v) is 7.45. The summed E-state index contributed by atoms with van der Waals surface area (Å²) < 4.78 is 5.73. The predicted molar refractivity (Wildman–Crippen MR) is 128 cm³/mol. The molecule has 0 radical (unpaired) electrons. The zero-order valence-electron chi connectivity index (χ0n) is 19.0. The zero-order chi connectivity index (χ0) is 22.5. The first-order chi connectivity index (χ1) is 15.5. The SMILES string of the molecule is CC(C)c1ccc(C(=O)N2CCN(C(=O)c3ccccc3SCC3CCCO3)CC2)cc1. The highest BCUT2D eigenvalue weighted by molar-refractivity contribution is 7.99. The lowest BCUT2D eigenvalue weighted by Crippen LogP contribution is -2.50. The fourth-order valence-corrected chi connectivity index (χ4v) is 5.32. The second-order valence-corrected chi connectivity index (χ2v) is 9.87. The molecule has 2 aromatic rings. The van der Waals surface area contributed by atoms with Crippen molar-refractivity contribution in [2.24, 2.45) is 0 Å². The smallest absolute Gasteiger partial charge is 0.255 e. The highest BCUT2D eigenvalue weighted by atomic mass is 32.2. The van der Waals surface area contributed by atoms with Gasteiger partial charge in [0, 0.05) is 49.0 Å². The van der Waals surface area contributed by atoms with E-state index in [-0.39, 0.29) is 17.9 Å². The molecule has 0 aromatic heterocycles. The van der Waals surface area contributed by atoms with Crippen molar-refractivity contribution in [1.29, 1.82) is 0 Å². The van der Waals surface area contributed by atoms with E-state index in [1.165, 1.54) is 5.56 Å². The van der Waals surface area contributed by atoms with Gasteiger partial charge in [0.2, 0.25) is 0 Å². The predicted octanol–water partition coefficient (Wildman–Crippen LogP) is 4.68. The summed E-state index contributed by atoms with van der Waals surface area (Å²) in [6.45, 7) is 7.36. The molecule has 0 saturated carbocycles. The number of benzene rings is 2. The molecule has 0 bridgehead atoms. The fourth-order valence-electron chi connectivity index (χ4n) is 4.20. The molecule has 2 aromatic carbocycles. The average molecular weight is 453 g/mol. The van der Waals surface area contributed by atoms with Crippen LogP contribution < -0.4 is 0 Å². The van der Waals surface area contributed by atoms with E-state index in [0.29, 0.717) is 37.7 Å². The molecular weight excluding hydrogens is 420 g/mol. The standard InChI is InChI=1S/C26H32N2O3S/c1-19(2)20-9-11-21(12-10-20)25(29)27-13-15-28(16-14-27)26(30)23-7-3-4-8-24(23)32-18-22-6-5-17-31-22/h3-4,7-12,19,22H,5-6,13-18H2,1-2H3. The van der Waals surface area contributed by atoms with Gasteiger partial charge in [-0.2, -0.15) is 0 Å². The number of carbonyl (C=O) groups excluding carboxylic acids is 2. The number of nitrogens with zero attached hydrogens (tertiary/aromatic N) is 2. The van der Waals surface area contributed by atoms with Crippen LogP contribution in [0.5, 0.6) is 0 Å². The van der Waals surface area contributed by atoms with Crippen molar-refractivity contribution >= 4 is 23.6 Å². The van der Waals surface area contributed by atoms with Crippen LogP contribution in [-0.4, -0.2) is 66.3 Å². The lowest BCUT2D eigenvalue weighted by atomic mass is 10.0. The van der Waals surface area contributed by atoms with E-state index in [4.69, 9.17) is 4.74 Å². The quantitative estimate of drug-likeness (QED) is 0.597. The molecule has 2 saturated heterocycles. The number of hydrogen-bond acceptors (Lipinski definition) is 4. The number of rotatable bonds is 6. The Hall–Kier alpha value is -2.31. The van der Waals surface area contributed by atoms with E-state index < -0.39 is 0 Å². The molecule has 2 aliphatic rings. The maximum absolute atomic E-state index is 13.2. The number of thioether (sulfide) groups is 1. The molecule has 2 amide bonds. The summed E-state index contributed by atoms with van der Waals surface area (Å²) >= 11 is 1.71. The van der Waals surface area contributed by atoms with Crippen molar-refractivity contribution in [3.05, 3.63) is 65.2 Å². The van der Waals surface area contributed by atoms with Crippen LogP contribution in [0.4, 0.5) is 0 Å². The summed E-state index contributed by atoms with van der Waals surface area (Å²) in [6, 6.07) is 15.7. The van der Waals surface area contributed by atoms with Gasteiger partial charge in [-0.15, -0.1) is 11.8 Å². The Morgan fingerprint density at radius 2 is 1.62 bits per heavy atom. The maximum atomic E-state index is 13.2. The first-order valence-electron chi connectivity index (χ1n) is 11.5. The molecule has 5 nitrogen and oxygen atoms in total. The third kappa shape index (κ3) is 5.36. The molecule has 2 fully saturated rings. The van der Waals surface area contributed by atoms with Crippen LogP contribution in [0.15, 0.2) is 53.4 Å². The minimum atomic E-state index is 0.0416. The van der Waals surface area contributed by atoms with Gasteiger partial charge in [-0.3, -0.25) is 9.59 Å². The summed E-state index contributed by atoms with van der Waals surface area (Å²) in [7, 11) is 0. The van der Waals surface area contributed by atoms with Gasteiger partial charge < -0.3 is 14.5 Å². The molecule has 1 unspecified atom stereocenters. The van der Waals surface area contributed by atoms with Gasteiger partial charge in [-0.25, -0.2) is 0 Å². The highest BCUT2D eigenvalue weighted by Crippen LogP contribution is 2.28. The number of carbonyl (C=O) groups is 2. The molecule has 0 N–H and O–H groups in total. The molecule has 4 rings (SSSR count). The average Bonchev–Trinajstić information content (AvgIpc) is 3.36. The summed E-state index contributed by atoms with van der Waals surface area (Å²) in [6.07, 6.45) is 2.50. The summed E-state index contributed by atoms with van der Waals surface area (Å²) in [5, 5.41) is 0. The van der Waals surface area contributed by atoms with Crippen LogP contribution in [0.3, 0.4) is 0 Å². The Morgan fingerprint density at radius 1 is 0.969 bits per heavy atom. The first kappa shape index (κ1) is 22.9. The fraction of sp³-hybridized carbons (Fsp3) is 0.462. The topological polar surface area (TPSA) is 49.9 Å². The van der Waals surface area contributed by atoms with Crippen molar-refractivity contribution in [3.63, 3.8) is 0 Å². The molecule has 0 spiro atoms. The third-order valence-electron chi connectivity index (χ3n) is 6.24. The number of piperazine rings is 1. The van der Waals surface area contributed by atoms with Crippen LogP contribution in [0, 0.1) is 0 Å². The van der Waals surface area contributed by atoms with E-state index in [2.05, 4.69) is 13.8 Å². The van der Waals surface area contributed by atoms with Crippen molar-refractivity contribution in [2.75, 3.05) is 38.5 Å². The molecule has 0 aliphatic carbocycles. The number of hydrogen-bond donors (Lipinski definition) is 0. The Kier molecular flexibility index (Phi) is 7.53. The van der Waals surface area contributed by atoms with E-state index in [1.54, 1.807) is 11.8 Å². The van der Waals surface area contributed by atoms with E-state index in [1.807, 2.05) is 58.3 Å². The maximum Gasteiger partial charge on any atom is 0.255 e. The zero-order valence-corrected chi connectivity index (χ0v) is 19.8. The van der Waals surface area contributed by atoms with Gasteiger partial charge in [0.05, 0.1) is 11.7 Å². The molecule has 32 heavy (non-hydrogen) atoms. The Labute approximate surface area is 195 Å². The lowest BCUT2D eigenvalue weighted by molar-refractivity contribution is 0.0533. The van der Waals surface area contributed by atoms with E-state index in [9.17, 15) is 9.59 Å². The molecule has 2 aliphatic heterocycles. The molecule has 170 valence electrons. The van der Waals surface area contributed by atoms with Gasteiger partial charge >= 0.3 is 0 Å². The number of ether oxygens (including phenoxy) is 1. The minimum Gasteiger partial charge on any atom is -0.377 e. The Bertz CT molecular complexity index is 930. The van der Waals surface area contributed by atoms with Crippen LogP contribution in [0.25, 0.3) is 0 Å². The monoisotopic (exact) mass is 452 g/mol. The van der Waals surface area contributed by atoms with E-state index >= 15 is 0 Å². The summed E-state index contributed by atoms with van der Waals surface area (Å²) in [5.41, 5.74) is 2.69. The largest absolute Gasteiger partial charge is 0.377 e. The summed E-state index contributed by atoms with van der Waals surface area (Å²) in [4.78, 5) is 30.9. The second-order valence-electron chi connectivity index (χ2n) is 8.80. The van der Waals surface area contributed by atoms with Crippen LogP contribution in [0.1, 0.15) is 58.9 Å². The van der Waals surface area contributed by atoms with Crippen molar-refractivity contribution in [1.82, 2.24) is 9.80 Å². The molecular formula is C26H32N2O3S. The normalized spacial score (nSPS) is 18.9. The minimum absolute atomic E-state index is 0.0416. The van der Waals surface area contributed by atoms with Gasteiger partial charge in [0.1, 0.15) is 0 Å². The molecule has 6 heteroatoms. The van der Waals surface area contributed by atoms with Crippen molar-refractivity contribution in [3.8, 4) is 0 Å². The van der Waals surface area contributed by atoms with Gasteiger partial charge in [0.15, 0.2) is 0 Å². The van der Waals surface area contributed by atoms with Crippen LogP contribution in [-0.2, 0) is 4.74 Å². The lowest BCUT2D eigenvalue weighted by Gasteiger charge is -2.35. The first-order valence-corrected chi connectivity index (χ1v) is 12.5. The Morgan fingerprint density at radius 3 is 2.25 bits per heavy atom. The second kappa shape index (κ2) is 10.5. The van der Waals surface area contributed by atoms with Gasteiger partial charge in [-0.1, -0.05) is 38.1 Å². The molecule has 1 atom stereocenters.